The van der Waals surface area contributed by atoms with Gasteiger partial charge in [0.25, 0.3) is 0 Å². The fraction of sp³-hybridized carbons (Fsp3) is 0.211. The average molecular weight is 385 g/mol. The van der Waals surface area contributed by atoms with Crippen LogP contribution < -0.4 is 4.74 Å². The molecule has 0 saturated heterocycles. The van der Waals surface area contributed by atoms with Gasteiger partial charge in [-0.25, -0.2) is 0 Å². The van der Waals surface area contributed by atoms with Crippen LogP contribution in [0.4, 0.5) is 0 Å². The maximum atomic E-state index is 8.71. The van der Waals surface area contributed by atoms with Gasteiger partial charge in [0.15, 0.2) is 11.0 Å². The molecule has 2 aromatic carbocycles. The Kier molecular flexibility index (Phi) is 6.16. The highest BCUT2D eigenvalue weighted by Gasteiger charge is 2.17. The van der Waals surface area contributed by atoms with Crippen LogP contribution in [0.3, 0.4) is 0 Å². The molecule has 0 atom stereocenters. The molecule has 0 aliphatic heterocycles. The molecule has 3 aromatic rings. The lowest BCUT2D eigenvalue weighted by molar-refractivity contribution is 0.415. The summed E-state index contributed by atoms with van der Waals surface area (Å²) in [4.78, 5) is 0. The van der Waals surface area contributed by atoms with Gasteiger partial charge in [-0.2, -0.15) is 5.26 Å². The van der Waals surface area contributed by atoms with E-state index in [9.17, 15) is 0 Å². The van der Waals surface area contributed by atoms with Crippen LogP contribution in [0.25, 0.3) is 17.1 Å². The summed E-state index contributed by atoms with van der Waals surface area (Å²) < 4.78 is 7.23. The van der Waals surface area contributed by atoms with Gasteiger partial charge in [-0.1, -0.05) is 53.7 Å². The fourth-order valence-corrected chi connectivity index (χ4v) is 3.62. The van der Waals surface area contributed by atoms with Crippen molar-refractivity contribution >= 4 is 23.4 Å². The average Bonchev–Trinajstić information content (AvgIpc) is 3.10. The van der Waals surface area contributed by atoms with Gasteiger partial charge in [0.2, 0.25) is 0 Å². The van der Waals surface area contributed by atoms with E-state index < -0.39 is 0 Å². The van der Waals surface area contributed by atoms with Gasteiger partial charge in [0.1, 0.15) is 5.75 Å². The molecule has 0 fully saturated rings. The van der Waals surface area contributed by atoms with Crippen molar-refractivity contribution in [3.8, 4) is 28.9 Å². The molecular weight excluding hydrogens is 368 g/mol. The number of nitriles is 1. The fourth-order valence-electron chi connectivity index (χ4n) is 2.48. The van der Waals surface area contributed by atoms with Crippen molar-refractivity contribution in [2.24, 2.45) is 0 Å². The van der Waals surface area contributed by atoms with E-state index in [1.165, 1.54) is 0 Å². The largest absolute Gasteiger partial charge is 0.495 e. The zero-order chi connectivity index (χ0) is 18.4. The minimum absolute atomic E-state index is 0.526. The number of hydrogen-bond donors (Lipinski definition) is 0. The van der Waals surface area contributed by atoms with E-state index in [1.807, 2.05) is 53.1 Å². The van der Waals surface area contributed by atoms with Crippen LogP contribution >= 0.6 is 23.4 Å². The summed E-state index contributed by atoms with van der Waals surface area (Å²) in [5.74, 6) is 2.16. The van der Waals surface area contributed by atoms with Crippen LogP contribution in [0.2, 0.25) is 5.02 Å². The predicted octanol–water partition coefficient (Wildman–Crippen LogP) is 4.99. The Morgan fingerprint density at radius 3 is 2.69 bits per heavy atom. The third-order valence-electron chi connectivity index (χ3n) is 3.72. The molecule has 0 unspecified atom stereocenters. The normalized spacial score (nSPS) is 10.5. The van der Waals surface area contributed by atoms with Crippen LogP contribution in [0.1, 0.15) is 12.8 Å². The predicted molar refractivity (Wildman–Crippen MR) is 104 cm³/mol. The number of thioether (sulfide) groups is 1. The van der Waals surface area contributed by atoms with E-state index >= 15 is 0 Å². The summed E-state index contributed by atoms with van der Waals surface area (Å²) in [6, 6.07) is 17.7. The minimum Gasteiger partial charge on any atom is -0.495 e. The van der Waals surface area contributed by atoms with E-state index in [2.05, 4.69) is 16.3 Å². The highest BCUT2D eigenvalue weighted by molar-refractivity contribution is 7.99. The lowest BCUT2D eigenvalue weighted by Crippen LogP contribution is -2.00. The maximum absolute atomic E-state index is 8.71. The Morgan fingerprint density at radius 1 is 1.19 bits per heavy atom. The van der Waals surface area contributed by atoms with E-state index in [4.69, 9.17) is 21.6 Å². The van der Waals surface area contributed by atoms with Crippen molar-refractivity contribution in [3.63, 3.8) is 0 Å². The summed E-state index contributed by atoms with van der Waals surface area (Å²) in [6.07, 6.45) is 1.33. The van der Waals surface area contributed by atoms with E-state index in [0.29, 0.717) is 17.2 Å². The zero-order valence-corrected chi connectivity index (χ0v) is 15.8. The van der Waals surface area contributed by atoms with Gasteiger partial charge in [0, 0.05) is 17.7 Å². The second-order valence-corrected chi connectivity index (χ2v) is 6.91. The highest BCUT2D eigenvalue weighted by Crippen LogP contribution is 2.32. The minimum atomic E-state index is 0.526. The lowest BCUT2D eigenvalue weighted by Gasteiger charge is -2.12. The molecule has 7 heteroatoms. The third kappa shape index (κ3) is 4.01. The Balaban J connectivity index is 2.03. The van der Waals surface area contributed by atoms with Crippen LogP contribution in [0.15, 0.2) is 53.7 Å². The summed E-state index contributed by atoms with van der Waals surface area (Å²) in [7, 11) is 1.59. The molecule has 0 aliphatic carbocycles. The number of halogens is 1. The van der Waals surface area contributed by atoms with E-state index in [0.717, 1.165) is 34.4 Å². The molecule has 3 rings (SSSR count). The summed E-state index contributed by atoms with van der Waals surface area (Å²) >= 11 is 7.90. The lowest BCUT2D eigenvalue weighted by atomic mass is 10.2. The topological polar surface area (TPSA) is 63.7 Å². The number of aromatic nitrogens is 3. The Hall–Kier alpha value is -2.49. The quantitative estimate of drug-likeness (QED) is 0.424. The van der Waals surface area contributed by atoms with Crippen molar-refractivity contribution in [1.82, 2.24) is 14.8 Å². The first kappa shape index (κ1) is 18.3. The molecule has 26 heavy (non-hydrogen) atoms. The monoisotopic (exact) mass is 384 g/mol. The van der Waals surface area contributed by atoms with Crippen molar-refractivity contribution in [2.75, 3.05) is 12.9 Å². The van der Waals surface area contributed by atoms with Crippen LogP contribution in [0, 0.1) is 11.3 Å². The number of benzene rings is 2. The van der Waals surface area contributed by atoms with Gasteiger partial charge >= 0.3 is 0 Å². The first-order valence-electron chi connectivity index (χ1n) is 8.09. The number of methoxy groups -OCH3 is 1. The molecule has 132 valence electrons. The number of rotatable bonds is 7. The molecule has 1 heterocycles. The van der Waals surface area contributed by atoms with Crippen LogP contribution in [0.5, 0.6) is 5.75 Å². The third-order valence-corrected chi connectivity index (χ3v) is 5.03. The van der Waals surface area contributed by atoms with Gasteiger partial charge in [-0.05, 0) is 24.6 Å². The number of ether oxygens (including phenoxy) is 1. The maximum Gasteiger partial charge on any atom is 0.196 e. The van der Waals surface area contributed by atoms with Crippen molar-refractivity contribution in [1.29, 1.82) is 5.26 Å². The van der Waals surface area contributed by atoms with Crippen LogP contribution in [-0.2, 0) is 0 Å². The Morgan fingerprint density at radius 2 is 2.00 bits per heavy atom. The van der Waals surface area contributed by atoms with Gasteiger partial charge in [-0.3, -0.25) is 4.57 Å². The zero-order valence-electron chi connectivity index (χ0n) is 14.2. The molecule has 0 saturated carbocycles. The number of nitrogens with zero attached hydrogens (tertiary/aromatic N) is 4. The molecule has 0 spiro atoms. The molecule has 1 aromatic heterocycles. The number of hydrogen-bond acceptors (Lipinski definition) is 5. The Bertz CT molecular complexity index is 921. The first-order valence-corrected chi connectivity index (χ1v) is 9.45. The molecular formula is C19H17ClN4OS. The molecule has 5 nitrogen and oxygen atoms in total. The summed E-state index contributed by atoms with van der Waals surface area (Å²) in [5.41, 5.74) is 1.83. The van der Waals surface area contributed by atoms with Crippen LogP contribution in [-0.4, -0.2) is 27.6 Å². The second-order valence-electron chi connectivity index (χ2n) is 5.44. The molecule has 0 radical (unpaired) electrons. The molecule has 0 N–H and O–H groups in total. The van der Waals surface area contributed by atoms with Gasteiger partial charge in [-0.15, -0.1) is 10.2 Å². The van der Waals surface area contributed by atoms with Crippen molar-refractivity contribution in [3.05, 3.63) is 53.6 Å². The summed E-state index contributed by atoms with van der Waals surface area (Å²) in [5, 5.41) is 18.7. The van der Waals surface area contributed by atoms with Crippen molar-refractivity contribution in [2.45, 2.75) is 18.0 Å². The SMILES string of the molecule is COc1ccc(-n2c(SCCCC#N)nnc2-c2ccccc2)cc1Cl. The van der Waals surface area contributed by atoms with E-state index in [1.54, 1.807) is 18.9 Å². The van der Waals surface area contributed by atoms with Crippen molar-refractivity contribution < 1.29 is 4.74 Å². The Labute approximate surface area is 161 Å². The molecule has 0 bridgehead atoms. The smallest absolute Gasteiger partial charge is 0.196 e. The highest BCUT2D eigenvalue weighted by atomic mass is 35.5. The first-order chi connectivity index (χ1) is 12.7. The van der Waals surface area contributed by atoms with Gasteiger partial charge in [0.05, 0.1) is 23.9 Å². The molecule has 0 amide bonds. The van der Waals surface area contributed by atoms with Gasteiger partial charge < -0.3 is 4.74 Å². The molecule has 0 aliphatic rings. The standard InChI is InChI=1S/C19H17ClN4OS/c1-25-17-10-9-15(13-16(17)20)24-18(14-7-3-2-4-8-14)22-23-19(24)26-12-6-5-11-21/h2-4,7-10,13H,5-6,12H2,1H3. The van der Waals surface area contributed by atoms with E-state index in [-0.39, 0.29) is 0 Å². The number of unbranched alkanes of at least 4 members (excludes halogenated alkanes) is 1. The second kappa shape index (κ2) is 8.75. The summed E-state index contributed by atoms with van der Waals surface area (Å²) in [6.45, 7) is 0.